The third-order valence-electron chi connectivity index (χ3n) is 7.90. The number of amides is 1. The molecular weight excluding hydrogens is 672 g/mol. The topological polar surface area (TPSA) is 80.2 Å². The lowest BCUT2D eigenvalue weighted by Crippen LogP contribution is -2.49. The molecular formula is C39H35BrN2O4S. The molecule has 0 aromatic heterocycles. The van der Waals surface area contributed by atoms with Crippen LogP contribution in [-0.4, -0.2) is 35.7 Å². The number of rotatable bonds is 13. The van der Waals surface area contributed by atoms with E-state index in [2.05, 4.69) is 39.4 Å². The molecule has 1 heterocycles. The molecule has 0 aliphatic carbocycles. The molecule has 5 aromatic carbocycles. The highest BCUT2D eigenvalue weighted by Crippen LogP contribution is 2.43. The van der Waals surface area contributed by atoms with Crippen molar-refractivity contribution in [2.45, 2.75) is 40.8 Å². The van der Waals surface area contributed by atoms with Crippen LogP contribution in [0.5, 0.6) is 5.75 Å². The van der Waals surface area contributed by atoms with Gasteiger partial charge >= 0.3 is 0 Å². The van der Waals surface area contributed by atoms with E-state index in [4.69, 9.17) is 19.6 Å². The molecule has 5 aromatic rings. The Labute approximate surface area is 288 Å². The number of aliphatic hydroxyl groups excluding tert-OH is 1. The predicted molar refractivity (Wildman–Crippen MR) is 190 cm³/mol. The van der Waals surface area contributed by atoms with E-state index in [0.29, 0.717) is 37.6 Å². The van der Waals surface area contributed by atoms with Crippen LogP contribution >= 0.6 is 27.7 Å². The molecule has 6 rings (SSSR count). The molecule has 0 saturated carbocycles. The summed E-state index contributed by atoms with van der Waals surface area (Å²) in [6, 6.07) is 43.6. The van der Waals surface area contributed by atoms with E-state index in [-0.39, 0.29) is 12.5 Å². The molecule has 0 fully saturated rings. The van der Waals surface area contributed by atoms with Gasteiger partial charge in [-0.2, -0.15) is 0 Å². The second-order valence-electron chi connectivity index (χ2n) is 11.2. The van der Waals surface area contributed by atoms with Crippen LogP contribution in [0.15, 0.2) is 153 Å². The molecule has 0 spiro atoms. The van der Waals surface area contributed by atoms with Crippen LogP contribution in [0.25, 0.3) is 0 Å². The van der Waals surface area contributed by atoms with Crippen LogP contribution in [0.3, 0.4) is 0 Å². The first-order chi connectivity index (χ1) is 23.0. The van der Waals surface area contributed by atoms with Crippen LogP contribution in [0, 0.1) is 0 Å². The van der Waals surface area contributed by atoms with E-state index in [1.165, 1.54) is 0 Å². The molecule has 47 heavy (non-hydrogen) atoms. The summed E-state index contributed by atoms with van der Waals surface area (Å²) in [4.78, 5) is 22.1. The Bertz CT molecular complexity index is 1800. The summed E-state index contributed by atoms with van der Waals surface area (Å²) in [5, 5.41) is 12.4. The highest BCUT2D eigenvalue weighted by Gasteiger charge is 2.53. The maximum Gasteiger partial charge on any atom is 0.252 e. The lowest BCUT2D eigenvalue weighted by molar-refractivity contribution is -0.129. The highest BCUT2D eigenvalue weighted by molar-refractivity contribution is 9.10. The average Bonchev–Trinajstić information content (AvgIpc) is 3.50. The molecule has 0 unspecified atom stereocenters. The van der Waals surface area contributed by atoms with E-state index >= 15 is 0 Å². The molecule has 1 amide bonds. The number of carbonyl (C=O) groups is 1. The molecule has 1 aliphatic heterocycles. The summed E-state index contributed by atoms with van der Waals surface area (Å²) in [5.74, 6) is 0.868. The third kappa shape index (κ3) is 7.96. The van der Waals surface area contributed by atoms with E-state index in [9.17, 15) is 4.79 Å². The zero-order valence-corrected chi connectivity index (χ0v) is 28.1. The Morgan fingerprint density at radius 2 is 1.55 bits per heavy atom. The normalized spacial score (nSPS) is 17.1. The minimum atomic E-state index is -1.29. The van der Waals surface area contributed by atoms with Crippen molar-refractivity contribution in [1.82, 2.24) is 5.32 Å². The maximum atomic E-state index is 14.7. The molecule has 2 atom stereocenters. The summed E-state index contributed by atoms with van der Waals surface area (Å²) in [7, 11) is 0. The summed E-state index contributed by atoms with van der Waals surface area (Å²) in [6.07, 6.45) is 0.217. The number of ether oxygens (including phenoxy) is 2. The van der Waals surface area contributed by atoms with Gasteiger partial charge in [0.05, 0.1) is 6.61 Å². The lowest BCUT2D eigenvalue weighted by atomic mass is 9.82. The fourth-order valence-electron chi connectivity index (χ4n) is 5.52. The van der Waals surface area contributed by atoms with E-state index < -0.39 is 11.6 Å². The first-order valence-corrected chi connectivity index (χ1v) is 17.1. The van der Waals surface area contributed by atoms with Gasteiger partial charge in [0.15, 0.2) is 11.6 Å². The van der Waals surface area contributed by atoms with E-state index in [0.717, 1.165) is 36.5 Å². The number of hydrogen-bond donors (Lipinski definition) is 2. The molecule has 1 aliphatic rings. The van der Waals surface area contributed by atoms with Crippen LogP contribution in [-0.2, 0) is 22.5 Å². The fourth-order valence-corrected chi connectivity index (χ4v) is 6.75. The second-order valence-corrected chi connectivity index (χ2v) is 13.2. The van der Waals surface area contributed by atoms with Crippen molar-refractivity contribution < 1.29 is 19.4 Å². The third-order valence-corrected chi connectivity index (χ3v) is 9.56. The van der Waals surface area contributed by atoms with Gasteiger partial charge < -0.3 is 19.9 Å². The van der Waals surface area contributed by atoms with Crippen LogP contribution in [0.4, 0.5) is 0 Å². The van der Waals surface area contributed by atoms with Gasteiger partial charge in [-0.1, -0.05) is 107 Å². The van der Waals surface area contributed by atoms with Crippen molar-refractivity contribution in [1.29, 1.82) is 0 Å². The largest absolute Gasteiger partial charge is 0.494 e. The van der Waals surface area contributed by atoms with Crippen molar-refractivity contribution >= 4 is 39.5 Å². The zero-order chi connectivity index (χ0) is 32.5. The van der Waals surface area contributed by atoms with Crippen LogP contribution in [0.1, 0.15) is 34.8 Å². The van der Waals surface area contributed by atoms with Gasteiger partial charge in [0.1, 0.15) is 5.75 Å². The fraction of sp³-hybridized carbons (Fsp3) is 0.179. The van der Waals surface area contributed by atoms with Crippen molar-refractivity contribution in [2.75, 3.05) is 13.2 Å². The summed E-state index contributed by atoms with van der Waals surface area (Å²) >= 11 is 5.21. The zero-order valence-electron chi connectivity index (χ0n) is 25.7. The van der Waals surface area contributed by atoms with Gasteiger partial charge in [0, 0.05) is 45.8 Å². The Morgan fingerprint density at radius 1 is 0.872 bits per heavy atom. The predicted octanol–water partition coefficient (Wildman–Crippen LogP) is 8.18. The van der Waals surface area contributed by atoms with Crippen LogP contribution in [0.2, 0.25) is 0 Å². The molecule has 0 saturated heterocycles. The summed E-state index contributed by atoms with van der Waals surface area (Å²) in [6.45, 7) is 0.833. The second kappa shape index (κ2) is 15.5. The summed E-state index contributed by atoms with van der Waals surface area (Å²) in [5.41, 5.74) is 2.30. The Kier molecular flexibility index (Phi) is 10.7. The molecule has 0 bridgehead atoms. The standard InChI is InChI=1S/C39H35BrN2O4S/c40-32-20-16-28(17-21-32)26-39(38(44)41-27-31-12-7-8-15-35(31)47-34-13-5-2-6-14-34)36(29-10-3-1-4-11-29)46-37(42-39)30-18-22-33(23-19-30)45-25-9-24-43/h1-8,10-23,36,43H,9,24-27H2,(H,41,44)/t36-,39-/m1/s1. The van der Waals surface area contributed by atoms with Crippen molar-refractivity contribution in [3.8, 4) is 5.75 Å². The number of hydrogen-bond acceptors (Lipinski definition) is 6. The van der Waals surface area contributed by atoms with Gasteiger partial charge in [0.25, 0.3) is 5.91 Å². The average molecular weight is 708 g/mol. The first kappa shape index (κ1) is 32.6. The van der Waals surface area contributed by atoms with Gasteiger partial charge in [-0.15, -0.1) is 0 Å². The van der Waals surface area contributed by atoms with Gasteiger partial charge in [0.2, 0.25) is 5.90 Å². The number of benzene rings is 5. The smallest absolute Gasteiger partial charge is 0.252 e. The molecule has 238 valence electrons. The molecule has 8 heteroatoms. The van der Waals surface area contributed by atoms with Crippen molar-refractivity contribution in [2.24, 2.45) is 4.99 Å². The van der Waals surface area contributed by atoms with Gasteiger partial charge in [-0.25, -0.2) is 4.99 Å². The van der Waals surface area contributed by atoms with Crippen LogP contribution < -0.4 is 10.1 Å². The summed E-state index contributed by atoms with van der Waals surface area (Å²) < 4.78 is 13.4. The number of aliphatic hydroxyl groups is 1. The van der Waals surface area contributed by atoms with Gasteiger partial charge in [-0.05, 0) is 71.3 Å². The van der Waals surface area contributed by atoms with Crippen molar-refractivity contribution in [3.05, 3.63) is 160 Å². The molecule has 2 N–H and O–H groups in total. The minimum Gasteiger partial charge on any atom is -0.494 e. The van der Waals surface area contributed by atoms with E-state index in [1.54, 1.807) is 11.8 Å². The molecule has 6 nitrogen and oxygen atoms in total. The monoisotopic (exact) mass is 706 g/mol. The number of nitrogens with zero attached hydrogens (tertiary/aromatic N) is 1. The maximum absolute atomic E-state index is 14.7. The van der Waals surface area contributed by atoms with E-state index in [1.807, 2.05) is 115 Å². The van der Waals surface area contributed by atoms with Crippen molar-refractivity contribution in [3.63, 3.8) is 0 Å². The quantitative estimate of drug-likeness (QED) is 0.121. The minimum absolute atomic E-state index is 0.0730. The Morgan fingerprint density at radius 3 is 2.28 bits per heavy atom. The number of carbonyl (C=O) groups excluding carboxylic acids is 1. The lowest BCUT2D eigenvalue weighted by Gasteiger charge is -2.31. The number of nitrogens with one attached hydrogen (secondary N) is 1. The number of halogens is 1. The Balaban J connectivity index is 1.35. The number of aliphatic imine (C=N–C) groups is 1. The SMILES string of the molecule is O=C(NCc1ccccc1Sc1ccccc1)[C@]1(Cc2ccc(Br)cc2)N=C(c2ccc(OCCCO)cc2)O[C@@H]1c1ccccc1. The first-order valence-electron chi connectivity index (χ1n) is 15.5. The highest BCUT2D eigenvalue weighted by atomic mass is 79.9. The van der Waals surface area contributed by atoms with Gasteiger partial charge in [-0.3, -0.25) is 4.79 Å². The molecule has 0 radical (unpaired) electrons. The Hall–Kier alpha value is -4.37.